The van der Waals surface area contributed by atoms with Gasteiger partial charge in [-0.1, -0.05) is 0 Å². The number of nitrogens with zero attached hydrogens (tertiary/aromatic N) is 4. The lowest BCUT2D eigenvalue weighted by Crippen LogP contribution is -2.31. The zero-order valence-electron chi connectivity index (χ0n) is 12.8. The third kappa shape index (κ3) is 3.51. The van der Waals surface area contributed by atoms with E-state index >= 15 is 0 Å². The van der Waals surface area contributed by atoms with Gasteiger partial charge in [-0.15, -0.1) is 11.3 Å². The van der Waals surface area contributed by atoms with Gasteiger partial charge in [0.1, 0.15) is 16.5 Å². The number of hydrogen-bond acceptors (Lipinski definition) is 6. The smallest absolute Gasteiger partial charge is 0.146 e. The molecule has 2 aromatic heterocycles. The average Bonchev–Trinajstić information content (AvgIpc) is 3.15. The summed E-state index contributed by atoms with van der Waals surface area (Å²) in [6, 6.07) is 2.08. The summed E-state index contributed by atoms with van der Waals surface area (Å²) in [5.74, 6) is 1.84. The molecule has 1 saturated heterocycles. The summed E-state index contributed by atoms with van der Waals surface area (Å²) in [4.78, 5) is 15.2. The van der Waals surface area contributed by atoms with Crippen LogP contribution in [0.2, 0.25) is 0 Å². The molecule has 3 heterocycles. The summed E-state index contributed by atoms with van der Waals surface area (Å²) in [6.45, 7) is 5.54. The normalized spacial score (nSPS) is 16.1. The van der Waals surface area contributed by atoms with Crippen LogP contribution in [-0.4, -0.2) is 60.0 Å². The van der Waals surface area contributed by atoms with E-state index in [9.17, 15) is 0 Å². The molecule has 3 rings (SSSR count). The van der Waals surface area contributed by atoms with E-state index in [-0.39, 0.29) is 0 Å². The average molecular weight is 305 g/mol. The Morgan fingerprint density at radius 1 is 1.33 bits per heavy atom. The van der Waals surface area contributed by atoms with Gasteiger partial charge in [-0.3, -0.25) is 4.90 Å². The first-order valence-corrected chi connectivity index (χ1v) is 8.47. The minimum absolute atomic E-state index is 0.802. The molecule has 0 bridgehead atoms. The number of thiophene rings is 1. The molecular weight excluding hydrogens is 282 g/mol. The molecule has 6 heteroatoms. The summed E-state index contributed by atoms with van der Waals surface area (Å²) in [7, 11) is 4.07. The minimum atomic E-state index is 0.802. The fourth-order valence-electron chi connectivity index (χ4n) is 2.80. The Hall–Kier alpha value is -1.24. The highest BCUT2D eigenvalue weighted by Gasteiger charge is 2.13. The van der Waals surface area contributed by atoms with Gasteiger partial charge in [0, 0.05) is 20.1 Å². The second-order valence-electron chi connectivity index (χ2n) is 5.66. The molecule has 0 spiro atoms. The molecule has 0 saturated carbocycles. The van der Waals surface area contributed by atoms with Crippen molar-refractivity contribution < 1.29 is 0 Å². The second kappa shape index (κ2) is 6.68. The Labute approximate surface area is 130 Å². The second-order valence-corrected chi connectivity index (χ2v) is 6.56. The molecule has 2 aromatic rings. The van der Waals surface area contributed by atoms with E-state index in [4.69, 9.17) is 0 Å². The van der Waals surface area contributed by atoms with E-state index in [2.05, 4.69) is 43.6 Å². The van der Waals surface area contributed by atoms with Crippen molar-refractivity contribution >= 4 is 27.4 Å². The molecule has 114 valence electrons. The van der Waals surface area contributed by atoms with Gasteiger partial charge < -0.3 is 10.2 Å². The fraction of sp³-hybridized carbons (Fsp3) is 0.600. The Morgan fingerprint density at radius 2 is 2.14 bits per heavy atom. The quantitative estimate of drug-likeness (QED) is 0.887. The lowest BCUT2D eigenvalue weighted by molar-refractivity contribution is 0.249. The lowest BCUT2D eigenvalue weighted by atomic mass is 10.3. The Morgan fingerprint density at radius 3 is 2.90 bits per heavy atom. The van der Waals surface area contributed by atoms with Crippen molar-refractivity contribution in [2.24, 2.45) is 0 Å². The number of nitrogens with one attached hydrogen (secondary N) is 1. The molecule has 1 fully saturated rings. The molecule has 0 amide bonds. The zero-order chi connectivity index (χ0) is 14.7. The van der Waals surface area contributed by atoms with Crippen molar-refractivity contribution in [2.45, 2.75) is 19.4 Å². The van der Waals surface area contributed by atoms with Crippen LogP contribution in [0.4, 0.5) is 5.82 Å². The van der Waals surface area contributed by atoms with E-state index in [0.29, 0.717) is 0 Å². The van der Waals surface area contributed by atoms with Gasteiger partial charge in [0.2, 0.25) is 0 Å². The van der Waals surface area contributed by atoms with Crippen LogP contribution in [0.1, 0.15) is 18.7 Å². The molecule has 21 heavy (non-hydrogen) atoms. The molecule has 0 aromatic carbocycles. The van der Waals surface area contributed by atoms with Crippen LogP contribution in [0.3, 0.4) is 0 Å². The number of anilines is 1. The predicted octanol–water partition coefficient (Wildman–Crippen LogP) is 2.26. The monoisotopic (exact) mass is 305 g/mol. The van der Waals surface area contributed by atoms with E-state index in [0.717, 1.165) is 41.5 Å². The lowest BCUT2D eigenvalue weighted by Gasteiger charge is -2.20. The summed E-state index contributed by atoms with van der Waals surface area (Å²) in [5, 5.41) is 6.36. The molecule has 1 aliphatic rings. The van der Waals surface area contributed by atoms with Crippen molar-refractivity contribution in [2.75, 3.05) is 45.6 Å². The van der Waals surface area contributed by atoms with Crippen molar-refractivity contribution in [1.82, 2.24) is 19.8 Å². The van der Waals surface area contributed by atoms with Crippen LogP contribution < -0.4 is 5.32 Å². The fourth-order valence-corrected chi connectivity index (χ4v) is 3.58. The maximum Gasteiger partial charge on any atom is 0.146 e. The van der Waals surface area contributed by atoms with E-state index in [1.165, 1.54) is 25.9 Å². The molecule has 0 radical (unpaired) electrons. The number of aromatic nitrogens is 2. The number of hydrogen-bond donors (Lipinski definition) is 1. The summed E-state index contributed by atoms with van der Waals surface area (Å²) in [5.41, 5.74) is 0. The first kappa shape index (κ1) is 14.7. The third-order valence-electron chi connectivity index (χ3n) is 4.02. The standard InChI is InChI=1S/C15H23N5S/c1-16-14-12-5-10-21-15(12)18-13(17-14)11-19(2)8-9-20-6-3-4-7-20/h5,10H,3-4,6-9,11H2,1-2H3,(H,16,17,18). The molecule has 5 nitrogen and oxygen atoms in total. The van der Waals surface area contributed by atoms with Gasteiger partial charge in [0.25, 0.3) is 0 Å². The van der Waals surface area contributed by atoms with Gasteiger partial charge in [-0.2, -0.15) is 0 Å². The number of likely N-dealkylation sites (tertiary alicyclic amines) is 1. The summed E-state index contributed by atoms with van der Waals surface area (Å²) in [6.07, 6.45) is 2.71. The van der Waals surface area contributed by atoms with Crippen molar-refractivity contribution in [3.63, 3.8) is 0 Å². The number of fused-ring (bicyclic) bond motifs is 1. The largest absolute Gasteiger partial charge is 0.372 e. The SMILES string of the molecule is CNc1nc(CN(C)CCN2CCCC2)nc2sccc12. The minimum Gasteiger partial charge on any atom is -0.372 e. The summed E-state index contributed by atoms with van der Waals surface area (Å²) < 4.78 is 0. The van der Waals surface area contributed by atoms with Crippen LogP contribution in [0.5, 0.6) is 0 Å². The predicted molar refractivity (Wildman–Crippen MR) is 89.0 cm³/mol. The van der Waals surface area contributed by atoms with Crippen LogP contribution in [0.15, 0.2) is 11.4 Å². The van der Waals surface area contributed by atoms with E-state index in [1.807, 2.05) is 7.05 Å². The summed E-state index contributed by atoms with van der Waals surface area (Å²) >= 11 is 1.67. The molecule has 0 atom stereocenters. The van der Waals surface area contributed by atoms with Crippen molar-refractivity contribution in [3.8, 4) is 0 Å². The van der Waals surface area contributed by atoms with Crippen molar-refractivity contribution in [3.05, 3.63) is 17.3 Å². The molecule has 0 aliphatic carbocycles. The first-order valence-electron chi connectivity index (χ1n) is 7.59. The zero-order valence-corrected chi connectivity index (χ0v) is 13.6. The Balaban J connectivity index is 1.63. The topological polar surface area (TPSA) is 44.3 Å². The number of rotatable bonds is 6. The van der Waals surface area contributed by atoms with Crippen LogP contribution in [0, 0.1) is 0 Å². The van der Waals surface area contributed by atoms with Gasteiger partial charge >= 0.3 is 0 Å². The van der Waals surface area contributed by atoms with Crippen LogP contribution in [0.25, 0.3) is 10.2 Å². The molecule has 0 unspecified atom stereocenters. The Bertz CT molecular complexity index is 591. The van der Waals surface area contributed by atoms with Gasteiger partial charge in [-0.05, 0) is 44.4 Å². The Kier molecular flexibility index (Phi) is 4.67. The van der Waals surface area contributed by atoms with Crippen LogP contribution in [-0.2, 0) is 6.54 Å². The number of likely N-dealkylation sites (N-methyl/N-ethyl adjacent to an activating group) is 1. The third-order valence-corrected chi connectivity index (χ3v) is 4.82. The van der Waals surface area contributed by atoms with Gasteiger partial charge in [0.05, 0.1) is 11.9 Å². The highest BCUT2D eigenvalue weighted by molar-refractivity contribution is 7.16. The van der Waals surface area contributed by atoms with Crippen molar-refractivity contribution in [1.29, 1.82) is 0 Å². The molecule has 1 aliphatic heterocycles. The maximum atomic E-state index is 4.68. The van der Waals surface area contributed by atoms with Gasteiger partial charge in [0.15, 0.2) is 0 Å². The molecular formula is C15H23N5S. The highest BCUT2D eigenvalue weighted by Crippen LogP contribution is 2.24. The highest BCUT2D eigenvalue weighted by atomic mass is 32.1. The molecule has 1 N–H and O–H groups in total. The van der Waals surface area contributed by atoms with Gasteiger partial charge in [-0.25, -0.2) is 9.97 Å². The first-order chi connectivity index (χ1) is 10.3. The van der Waals surface area contributed by atoms with E-state index in [1.54, 1.807) is 11.3 Å². The van der Waals surface area contributed by atoms with Crippen LogP contribution >= 0.6 is 11.3 Å². The van der Waals surface area contributed by atoms with E-state index < -0.39 is 0 Å². The maximum absolute atomic E-state index is 4.68.